The zero-order chi connectivity index (χ0) is 9.68. The molecule has 1 N–H and O–H groups in total. The van der Waals surface area contributed by atoms with Crippen molar-refractivity contribution >= 4 is 0 Å². The molecule has 0 saturated carbocycles. The first-order valence-electron chi connectivity index (χ1n) is 4.66. The third kappa shape index (κ3) is 2.98. The lowest BCUT2D eigenvalue weighted by molar-refractivity contribution is 0.307. The average molecular weight is 180 g/mol. The molecule has 0 atom stereocenters. The molecule has 1 aromatic carbocycles. The van der Waals surface area contributed by atoms with Gasteiger partial charge in [0.1, 0.15) is 11.5 Å². The molecule has 0 heterocycles. The van der Waals surface area contributed by atoms with E-state index in [9.17, 15) is 5.11 Å². The monoisotopic (exact) mass is 180 g/mol. The van der Waals surface area contributed by atoms with Crippen LogP contribution in [0.4, 0.5) is 0 Å². The van der Waals surface area contributed by atoms with Crippen LogP contribution in [0.3, 0.4) is 0 Å². The van der Waals surface area contributed by atoms with E-state index in [1.807, 2.05) is 19.1 Å². The second-order valence-corrected chi connectivity index (χ2v) is 3.15. The summed E-state index contributed by atoms with van der Waals surface area (Å²) < 4.78 is 5.42. The van der Waals surface area contributed by atoms with Crippen LogP contribution in [0.1, 0.15) is 25.3 Å². The molecule has 0 amide bonds. The van der Waals surface area contributed by atoms with Crippen LogP contribution in [-0.2, 0) is 0 Å². The molecule has 2 nitrogen and oxygen atoms in total. The maximum atomic E-state index is 9.38. The highest BCUT2D eigenvalue weighted by molar-refractivity contribution is 5.38. The van der Waals surface area contributed by atoms with Crippen LogP contribution >= 0.6 is 0 Å². The molecule has 0 aliphatic rings. The Labute approximate surface area is 79.2 Å². The molecule has 0 spiro atoms. The topological polar surface area (TPSA) is 29.5 Å². The van der Waals surface area contributed by atoms with E-state index in [2.05, 4.69) is 6.92 Å². The van der Waals surface area contributed by atoms with Crippen molar-refractivity contribution in [2.45, 2.75) is 26.7 Å². The van der Waals surface area contributed by atoms with Crippen LogP contribution in [0.2, 0.25) is 0 Å². The summed E-state index contributed by atoms with van der Waals surface area (Å²) in [4.78, 5) is 0. The maximum Gasteiger partial charge on any atom is 0.122 e. The lowest BCUT2D eigenvalue weighted by Gasteiger charge is -2.06. The van der Waals surface area contributed by atoms with E-state index in [4.69, 9.17) is 4.74 Å². The number of phenolic OH excluding ortho intramolecular Hbond substituents is 1. The Morgan fingerprint density at radius 1 is 1.38 bits per heavy atom. The van der Waals surface area contributed by atoms with Crippen molar-refractivity contribution in [1.82, 2.24) is 0 Å². The maximum absolute atomic E-state index is 9.38. The van der Waals surface area contributed by atoms with Gasteiger partial charge in [0.15, 0.2) is 0 Å². The standard InChI is InChI=1S/C11H16O2/c1-3-4-7-13-10-6-5-9(2)11(12)8-10/h5-6,8,12H,3-4,7H2,1-2H3. The molecular weight excluding hydrogens is 164 g/mol. The summed E-state index contributed by atoms with van der Waals surface area (Å²) in [5, 5.41) is 9.38. The van der Waals surface area contributed by atoms with E-state index in [0.717, 1.165) is 30.8 Å². The van der Waals surface area contributed by atoms with Gasteiger partial charge < -0.3 is 9.84 Å². The van der Waals surface area contributed by atoms with Gasteiger partial charge in [-0.05, 0) is 25.0 Å². The number of hydrogen-bond donors (Lipinski definition) is 1. The summed E-state index contributed by atoms with van der Waals surface area (Å²) in [6, 6.07) is 5.40. The lowest BCUT2D eigenvalue weighted by Crippen LogP contribution is -1.96. The molecule has 72 valence electrons. The first-order valence-corrected chi connectivity index (χ1v) is 4.66. The molecular formula is C11H16O2. The van der Waals surface area contributed by atoms with Crippen LogP contribution < -0.4 is 4.74 Å². The summed E-state index contributed by atoms with van der Waals surface area (Å²) in [6.07, 6.45) is 2.17. The van der Waals surface area contributed by atoms with E-state index in [0.29, 0.717) is 5.75 Å². The Balaban J connectivity index is 2.53. The van der Waals surface area contributed by atoms with E-state index in [1.54, 1.807) is 6.07 Å². The van der Waals surface area contributed by atoms with Gasteiger partial charge in [-0.1, -0.05) is 19.4 Å². The fourth-order valence-corrected chi connectivity index (χ4v) is 1.01. The van der Waals surface area contributed by atoms with Gasteiger partial charge >= 0.3 is 0 Å². The number of benzene rings is 1. The highest BCUT2D eigenvalue weighted by Gasteiger charge is 1.98. The first-order chi connectivity index (χ1) is 6.24. The Hall–Kier alpha value is -1.18. The minimum Gasteiger partial charge on any atom is -0.508 e. The molecule has 1 aromatic rings. The largest absolute Gasteiger partial charge is 0.508 e. The average Bonchev–Trinajstić information content (AvgIpc) is 2.12. The summed E-state index contributed by atoms with van der Waals surface area (Å²) in [5.74, 6) is 1.05. The van der Waals surface area contributed by atoms with Crippen molar-refractivity contribution in [3.63, 3.8) is 0 Å². The molecule has 0 aliphatic carbocycles. The Morgan fingerprint density at radius 2 is 2.15 bits per heavy atom. The van der Waals surface area contributed by atoms with Gasteiger partial charge in [-0.25, -0.2) is 0 Å². The Morgan fingerprint density at radius 3 is 2.77 bits per heavy atom. The van der Waals surface area contributed by atoms with Gasteiger partial charge in [-0.15, -0.1) is 0 Å². The van der Waals surface area contributed by atoms with Crippen molar-refractivity contribution in [2.75, 3.05) is 6.61 Å². The molecule has 0 saturated heterocycles. The van der Waals surface area contributed by atoms with Gasteiger partial charge in [0.25, 0.3) is 0 Å². The van der Waals surface area contributed by atoms with Crippen molar-refractivity contribution in [3.8, 4) is 11.5 Å². The third-order valence-electron chi connectivity index (χ3n) is 1.95. The summed E-state index contributed by atoms with van der Waals surface area (Å²) in [7, 11) is 0. The number of hydrogen-bond acceptors (Lipinski definition) is 2. The molecule has 1 rings (SSSR count). The number of ether oxygens (including phenoxy) is 1. The summed E-state index contributed by atoms with van der Waals surface area (Å²) >= 11 is 0. The van der Waals surface area contributed by atoms with Crippen LogP contribution in [0.25, 0.3) is 0 Å². The molecule has 0 aromatic heterocycles. The van der Waals surface area contributed by atoms with Crippen molar-refractivity contribution in [1.29, 1.82) is 0 Å². The minimum atomic E-state index is 0.300. The zero-order valence-electron chi connectivity index (χ0n) is 8.21. The third-order valence-corrected chi connectivity index (χ3v) is 1.95. The predicted molar refractivity (Wildman–Crippen MR) is 53.2 cm³/mol. The number of rotatable bonds is 4. The zero-order valence-corrected chi connectivity index (χ0v) is 8.21. The van der Waals surface area contributed by atoms with Gasteiger partial charge in [0.05, 0.1) is 6.61 Å². The minimum absolute atomic E-state index is 0.300. The van der Waals surface area contributed by atoms with E-state index in [-0.39, 0.29) is 0 Å². The van der Waals surface area contributed by atoms with E-state index >= 15 is 0 Å². The fourth-order valence-electron chi connectivity index (χ4n) is 1.01. The number of phenols is 1. The van der Waals surface area contributed by atoms with Crippen molar-refractivity contribution < 1.29 is 9.84 Å². The highest BCUT2D eigenvalue weighted by atomic mass is 16.5. The number of unbranched alkanes of at least 4 members (excludes halogenated alkanes) is 1. The second kappa shape index (κ2) is 4.75. The van der Waals surface area contributed by atoms with Crippen LogP contribution in [0, 0.1) is 6.92 Å². The van der Waals surface area contributed by atoms with E-state index < -0.39 is 0 Å². The van der Waals surface area contributed by atoms with Gasteiger partial charge in [0, 0.05) is 6.07 Å². The molecule has 0 unspecified atom stereocenters. The first kappa shape index (κ1) is 9.90. The number of aromatic hydroxyl groups is 1. The Bertz CT molecular complexity index is 269. The van der Waals surface area contributed by atoms with Crippen LogP contribution in [-0.4, -0.2) is 11.7 Å². The molecule has 0 bridgehead atoms. The normalized spacial score (nSPS) is 10.0. The van der Waals surface area contributed by atoms with Crippen molar-refractivity contribution in [3.05, 3.63) is 23.8 Å². The molecule has 0 fully saturated rings. The van der Waals surface area contributed by atoms with Gasteiger partial charge in [-0.3, -0.25) is 0 Å². The summed E-state index contributed by atoms with van der Waals surface area (Å²) in [6.45, 7) is 4.71. The summed E-state index contributed by atoms with van der Waals surface area (Å²) in [5.41, 5.74) is 0.878. The van der Waals surface area contributed by atoms with Crippen molar-refractivity contribution in [2.24, 2.45) is 0 Å². The number of aryl methyl sites for hydroxylation is 1. The SMILES string of the molecule is CCCCOc1ccc(C)c(O)c1. The highest BCUT2D eigenvalue weighted by Crippen LogP contribution is 2.22. The van der Waals surface area contributed by atoms with Crippen LogP contribution in [0.5, 0.6) is 11.5 Å². The lowest BCUT2D eigenvalue weighted by atomic mass is 10.2. The Kier molecular flexibility index (Phi) is 3.62. The predicted octanol–water partition coefficient (Wildman–Crippen LogP) is 2.88. The smallest absolute Gasteiger partial charge is 0.122 e. The second-order valence-electron chi connectivity index (χ2n) is 3.15. The quantitative estimate of drug-likeness (QED) is 0.722. The molecule has 0 radical (unpaired) electrons. The van der Waals surface area contributed by atoms with E-state index in [1.165, 1.54) is 0 Å². The molecule has 0 aliphatic heterocycles. The molecule has 2 heteroatoms. The van der Waals surface area contributed by atoms with Gasteiger partial charge in [0.2, 0.25) is 0 Å². The van der Waals surface area contributed by atoms with Crippen LogP contribution in [0.15, 0.2) is 18.2 Å². The molecule has 13 heavy (non-hydrogen) atoms. The fraction of sp³-hybridized carbons (Fsp3) is 0.455. The van der Waals surface area contributed by atoms with Gasteiger partial charge in [-0.2, -0.15) is 0 Å².